The molecule has 2 aromatic rings. The maximum Gasteiger partial charge on any atom is 0.169 e. The summed E-state index contributed by atoms with van der Waals surface area (Å²) < 4.78 is 2.26. The molecular formula is C17H23N3OS. The highest BCUT2D eigenvalue weighted by Crippen LogP contribution is 2.23. The zero-order valence-corrected chi connectivity index (χ0v) is 14.1. The Morgan fingerprint density at radius 3 is 2.77 bits per heavy atom. The average molecular weight is 317 g/mol. The minimum absolute atomic E-state index is 0.172. The van der Waals surface area contributed by atoms with Gasteiger partial charge in [-0.3, -0.25) is 9.69 Å². The normalized spacial score (nSPS) is 17.0. The molecule has 0 radical (unpaired) electrons. The van der Waals surface area contributed by atoms with Crippen LogP contribution in [-0.4, -0.2) is 33.3 Å². The first-order chi connectivity index (χ1) is 10.6. The van der Waals surface area contributed by atoms with E-state index in [1.54, 1.807) is 18.3 Å². The molecule has 0 aliphatic carbocycles. The van der Waals surface area contributed by atoms with Crippen molar-refractivity contribution in [2.45, 2.75) is 39.8 Å². The van der Waals surface area contributed by atoms with Crippen molar-refractivity contribution in [2.24, 2.45) is 5.92 Å². The van der Waals surface area contributed by atoms with Gasteiger partial charge in [0.15, 0.2) is 5.78 Å². The zero-order valence-electron chi connectivity index (χ0n) is 13.3. The van der Waals surface area contributed by atoms with Gasteiger partial charge in [0, 0.05) is 25.5 Å². The molecule has 0 bridgehead atoms. The van der Waals surface area contributed by atoms with Gasteiger partial charge in [-0.1, -0.05) is 0 Å². The quantitative estimate of drug-likeness (QED) is 0.794. The fourth-order valence-corrected chi connectivity index (χ4v) is 3.91. The second-order valence-electron chi connectivity index (χ2n) is 6.22. The molecule has 1 aliphatic heterocycles. The number of aromatic nitrogens is 2. The zero-order chi connectivity index (χ0) is 15.5. The molecule has 3 rings (SSSR count). The van der Waals surface area contributed by atoms with Crippen LogP contribution in [0.5, 0.6) is 0 Å². The van der Waals surface area contributed by atoms with E-state index in [0.29, 0.717) is 0 Å². The second-order valence-corrected chi connectivity index (χ2v) is 7.13. The molecule has 1 saturated heterocycles. The molecule has 0 spiro atoms. The lowest BCUT2D eigenvalue weighted by molar-refractivity contribution is 0.102. The van der Waals surface area contributed by atoms with Crippen molar-refractivity contribution < 1.29 is 4.79 Å². The highest BCUT2D eigenvalue weighted by molar-refractivity contribution is 7.12. The number of likely N-dealkylation sites (tertiary alicyclic amines) is 1. The second kappa shape index (κ2) is 6.75. The molecule has 0 N–H and O–H groups in total. The Balaban J connectivity index is 1.49. The molecule has 2 aromatic heterocycles. The van der Waals surface area contributed by atoms with Crippen LogP contribution in [0.3, 0.4) is 0 Å². The molecule has 0 saturated carbocycles. The number of nitrogens with zero attached hydrogens (tertiary/aromatic N) is 3. The van der Waals surface area contributed by atoms with E-state index >= 15 is 0 Å². The molecule has 0 unspecified atom stereocenters. The number of carbonyl (C=O) groups is 1. The number of imidazole rings is 1. The van der Waals surface area contributed by atoms with Crippen LogP contribution in [0.25, 0.3) is 0 Å². The van der Waals surface area contributed by atoms with E-state index in [9.17, 15) is 4.79 Å². The molecule has 0 atom stereocenters. The molecule has 0 amide bonds. The van der Waals surface area contributed by atoms with Crippen molar-refractivity contribution in [3.05, 3.63) is 40.1 Å². The van der Waals surface area contributed by atoms with Gasteiger partial charge in [0.05, 0.1) is 4.88 Å². The van der Waals surface area contributed by atoms with E-state index in [1.165, 1.54) is 18.4 Å². The number of carbonyl (C=O) groups excluding carboxylic acids is 1. The highest BCUT2D eigenvalue weighted by atomic mass is 32.1. The highest BCUT2D eigenvalue weighted by Gasteiger charge is 2.20. The molecule has 0 aromatic carbocycles. The number of hydrogen-bond acceptors (Lipinski definition) is 4. The van der Waals surface area contributed by atoms with E-state index in [0.717, 1.165) is 42.8 Å². The number of piperidine rings is 1. The fourth-order valence-electron chi connectivity index (χ4n) is 3.10. The van der Waals surface area contributed by atoms with Crippen molar-refractivity contribution >= 4 is 17.1 Å². The Hall–Kier alpha value is -1.46. The van der Waals surface area contributed by atoms with Crippen LogP contribution < -0.4 is 0 Å². The average Bonchev–Trinajstić information content (AvgIpc) is 3.11. The summed E-state index contributed by atoms with van der Waals surface area (Å²) in [5.41, 5.74) is 1.28. The first kappa shape index (κ1) is 15.4. The maximum absolute atomic E-state index is 11.4. The lowest BCUT2D eigenvalue weighted by Crippen LogP contribution is -2.34. The van der Waals surface area contributed by atoms with E-state index in [-0.39, 0.29) is 5.78 Å². The summed E-state index contributed by atoms with van der Waals surface area (Å²) in [4.78, 5) is 19.0. The van der Waals surface area contributed by atoms with E-state index in [2.05, 4.69) is 33.0 Å². The number of hydrogen-bond donors (Lipinski definition) is 0. The molecular weight excluding hydrogens is 294 g/mol. The van der Waals surface area contributed by atoms with Crippen molar-refractivity contribution in [1.82, 2.24) is 14.5 Å². The van der Waals surface area contributed by atoms with Crippen LogP contribution in [0.4, 0.5) is 0 Å². The van der Waals surface area contributed by atoms with Crippen LogP contribution in [0.1, 0.15) is 40.8 Å². The third-order valence-electron chi connectivity index (χ3n) is 4.49. The van der Waals surface area contributed by atoms with Gasteiger partial charge in [-0.05, 0) is 62.7 Å². The first-order valence-electron chi connectivity index (χ1n) is 7.90. The van der Waals surface area contributed by atoms with Gasteiger partial charge in [0.25, 0.3) is 0 Å². The van der Waals surface area contributed by atoms with Crippen LogP contribution >= 0.6 is 11.3 Å². The minimum Gasteiger partial charge on any atom is -0.335 e. The van der Waals surface area contributed by atoms with Gasteiger partial charge in [0.2, 0.25) is 0 Å². The van der Waals surface area contributed by atoms with Crippen LogP contribution in [0, 0.1) is 12.8 Å². The van der Waals surface area contributed by atoms with Crippen molar-refractivity contribution in [3.63, 3.8) is 0 Å². The predicted octanol–water partition coefficient (Wildman–Crippen LogP) is 3.37. The Labute approximate surface area is 135 Å². The lowest BCUT2D eigenvalue weighted by atomic mass is 9.96. The lowest BCUT2D eigenvalue weighted by Gasteiger charge is -2.32. The Morgan fingerprint density at radius 1 is 1.41 bits per heavy atom. The number of ketones is 1. The van der Waals surface area contributed by atoms with Crippen molar-refractivity contribution in [3.8, 4) is 0 Å². The summed E-state index contributed by atoms with van der Waals surface area (Å²) >= 11 is 1.56. The minimum atomic E-state index is 0.172. The first-order valence-corrected chi connectivity index (χ1v) is 8.78. The van der Waals surface area contributed by atoms with Crippen LogP contribution in [0.15, 0.2) is 23.8 Å². The van der Waals surface area contributed by atoms with Gasteiger partial charge in [-0.15, -0.1) is 11.3 Å². The van der Waals surface area contributed by atoms with Gasteiger partial charge in [-0.2, -0.15) is 0 Å². The predicted molar refractivity (Wildman–Crippen MR) is 89.3 cm³/mol. The van der Waals surface area contributed by atoms with E-state index < -0.39 is 0 Å². The third-order valence-corrected chi connectivity index (χ3v) is 5.57. The number of Topliss-reactive ketones (excluding diaryl/α,β-unsaturated/α-hetero) is 1. The summed E-state index contributed by atoms with van der Waals surface area (Å²) in [7, 11) is 0. The monoisotopic (exact) mass is 317 g/mol. The SMILES string of the molecule is CC(=O)c1cc(CN2CCC(Cn3ccnc3C)CC2)cs1. The Morgan fingerprint density at radius 2 is 2.18 bits per heavy atom. The molecule has 118 valence electrons. The standard InChI is InChI=1S/C17H23N3OS/c1-13(21)17-9-16(12-22-17)10-19-6-3-15(4-7-19)11-20-8-5-18-14(20)2/h5,8-9,12,15H,3-4,6-7,10-11H2,1-2H3. The smallest absolute Gasteiger partial charge is 0.169 e. The largest absolute Gasteiger partial charge is 0.335 e. The van der Waals surface area contributed by atoms with E-state index in [4.69, 9.17) is 0 Å². The summed E-state index contributed by atoms with van der Waals surface area (Å²) in [5, 5.41) is 2.12. The summed E-state index contributed by atoms with van der Waals surface area (Å²) in [6.07, 6.45) is 6.44. The van der Waals surface area contributed by atoms with Gasteiger partial charge in [-0.25, -0.2) is 4.98 Å². The summed E-state index contributed by atoms with van der Waals surface area (Å²) in [6, 6.07) is 2.05. The maximum atomic E-state index is 11.4. The number of thiophene rings is 1. The topological polar surface area (TPSA) is 38.1 Å². The Kier molecular flexibility index (Phi) is 4.74. The van der Waals surface area contributed by atoms with Crippen molar-refractivity contribution in [1.29, 1.82) is 0 Å². The number of aryl methyl sites for hydroxylation is 1. The fraction of sp³-hybridized carbons (Fsp3) is 0.529. The third kappa shape index (κ3) is 3.65. The molecule has 22 heavy (non-hydrogen) atoms. The molecule has 1 fully saturated rings. The van der Waals surface area contributed by atoms with Crippen molar-refractivity contribution in [2.75, 3.05) is 13.1 Å². The molecule has 5 heteroatoms. The summed E-state index contributed by atoms with van der Waals surface area (Å²) in [5.74, 6) is 2.03. The molecule has 3 heterocycles. The van der Waals surface area contributed by atoms with Gasteiger partial charge >= 0.3 is 0 Å². The van der Waals surface area contributed by atoms with Gasteiger partial charge < -0.3 is 4.57 Å². The number of rotatable bonds is 5. The van der Waals surface area contributed by atoms with Crippen LogP contribution in [0.2, 0.25) is 0 Å². The Bertz CT molecular complexity index is 638. The van der Waals surface area contributed by atoms with Crippen LogP contribution in [-0.2, 0) is 13.1 Å². The molecule has 4 nitrogen and oxygen atoms in total. The van der Waals surface area contributed by atoms with E-state index in [1.807, 2.05) is 12.3 Å². The van der Waals surface area contributed by atoms with Gasteiger partial charge in [0.1, 0.15) is 5.82 Å². The summed E-state index contributed by atoms with van der Waals surface area (Å²) in [6.45, 7) is 8.05. The molecule has 1 aliphatic rings.